The van der Waals surface area contributed by atoms with Crippen LogP contribution >= 0.6 is 0 Å². The van der Waals surface area contributed by atoms with E-state index in [1.807, 2.05) is 0 Å². The largest absolute Gasteiger partial charge is 0.309 e. The molecule has 4 nitrogen and oxygen atoms in total. The van der Waals surface area contributed by atoms with E-state index in [0.29, 0.717) is 17.5 Å². The van der Waals surface area contributed by atoms with E-state index in [0.717, 1.165) is 61.8 Å². The summed E-state index contributed by atoms with van der Waals surface area (Å²) in [5.74, 6) is 1.89. The summed E-state index contributed by atoms with van der Waals surface area (Å²) in [6.07, 6.45) is 2.32. The van der Waals surface area contributed by atoms with Gasteiger partial charge in [-0.05, 0) is 116 Å². The molecule has 0 fully saturated rings. The van der Waals surface area contributed by atoms with Crippen molar-refractivity contribution >= 4 is 43.4 Å². The zero-order valence-electron chi connectivity index (χ0n) is 37.2. The molecule has 0 N–H and O–H groups in total. The van der Waals surface area contributed by atoms with Gasteiger partial charge in [-0.2, -0.15) is 0 Å². The minimum atomic E-state index is 0.0592. The van der Waals surface area contributed by atoms with Gasteiger partial charge in [0.2, 0.25) is 0 Å². The molecular formula is C61H48N4. The summed E-state index contributed by atoms with van der Waals surface area (Å²) >= 11 is 0. The standard InChI is InChI=1S/C61H48N4/c1-60(2)33-34-61(3,4)52-38-55-50(37-51(52)60)56-46-26-12-11-21-41(46)29-31-54(56)65(55)53-32-30-49(47-27-13-14-28-48(47)53)59-63-57(44-24-15-22-42(35-44)39-17-7-5-8-18-39)62-58(64-59)45-25-16-23-43(36-45)40-19-9-6-10-20-40/h5-32,35-38H,33-34H2,1-4H3. The van der Waals surface area contributed by atoms with Gasteiger partial charge in [0, 0.05) is 32.8 Å². The fourth-order valence-electron chi connectivity index (χ4n) is 10.5. The zero-order chi connectivity index (χ0) is 43.9. The summed E-state index contributed by atoms with van der Waals surface area (Å²) in [7, 11) is 0. The Labute approximate surface area is 379 Å². The second kappa shape index (κ2) is 15.0. The number of nitrogens with zero attached hydrogens (tertiary/aromatic N) is 4. The topological polar surface area (TPSA) is 43.6 Å². The molecule has 12 rings (SSSR count). The highest BCUT2D eigenvalue weighted by molar-refractivity contribution is 6.22. The molecule has 0 amide bonds. The van der Waals surface area contributed by atoms with Crippen molar-refractivity contribution in [1.82, 2.24) is 19.5 Å². The lowest BCUT2D eigenvalue weighted by Gasteiger charge is -2.42. The van der Waals surface area contributed by atoms with Crippen LogP contribution in [0.15, 0.2) is 194 Å². The van der Waals surface area contributed by atoms with Gasteiger partial charge in [0.05, 0.1) is 16.7 Å². The van der Waals surface area contributed by atoms with Crippen molar-refractivity contribution in [3.63, 3.8) is 0 Å². The molecule has 9 aromatic carbocycles. The van der Waals surface area contributed by atoms with Crippen molar-refractivity contribution in [3.05, 3.63) is 205 Å². The summed E-state index contributed by atoms with van der Waals surface area (Å²) in [5.41, 5.74) is 14.0. The summed E-state index contributed by atoms with van der Waals surface area (Å²) in [5, 5.41) is 7.35. The predicted octanol–water partition coefficient (Wildman–Crippen LogP) is 16.0. The first-order chi connectivity index (χ1) is 31.7. The molecule has 2 aromatic heterocycles. The highest BCUT2D eigenvalue weighted by Crippen LogP contribution is 2.50. The van der Waals surface area contributed by atoms with Crippen molar-refractivity contribution in [2.24, 2.45) is 0 Å². The molecule has 0 unspecified atom stereocenters. The van der Waals surface area contributed by atoms with Crippen molar-refractivity contribution in [2.75, 3.05) is 0 Å². The van der Waals surface area contributed by atoms with Gasteiger partial charge in [0.15, 0.2) is 17.5 Å². The quantitative estimate of drug-likeness (QED) is 0.168. The van der Waals surface area contributed by atoms with Gasteiger partial charge < -0.3 is 4.57 Å². The number of benzene rings is 9. The summed E-state index contributed by atoms with van der Waals surface area (Å²) < 4.78 is 2.52. The van der Waals surface area contributed by atoms with Crippen LogP contribution in [0.25, 0.3) is 105 Å². The van der Waals surface area contributed by atoms with Gasteiger partial charge in [-0.3, -0.25) is 0 Å². The van der Waals surface area contributed by atoms with Crippen LogP contribution in [0.5, 0.6) is 0 Å². The van der Waals surface area contributed by atoms with Crippen molar-refractivity contribution in [3.8, 4) is 62.1 Å². The van der Waals surface area contributed by atoms with E-state index >= 15 is 0 Å². The molecule has 4 heteroatoms. The molecule has 0 bridgehead atoms. The molecule has 11 aromatic rings. The molecule has 65 heavy (non-hydrogen) atoms. The van der Waals surface area contributed by atoms with Crippen LogP contribution in [0.2, 0.25) is 0 Å². The van der Waals surface area contributed by atoms with E-state index < -0.39 is 0 Å². The maximum Gasteiger partial charge on any atom is 0.164 e. The first-order valence-corrected chi connectivity index (χ1v) is 22.8. The predicted molar refractivity (Wildman–Crippen MR) is 272 cm³/mol. The number of hydrogen-bond acceptors (Lipinski definition) is 3. The minimum absolute atomic E-state index is 0.0592. The lowest BCUT2D eigenvalue weighted by molar-refractivity contribution is 0.332. The SMILES string of the molecule is CC1(C)CCC(C)(C)c2cc3c(cc21)c1c2ccccc2ccc1n3-c1ccc(-c2nc(-c3cccc(-c4ccccc4)c3)nc(-c3cccc(-c4ccccc4)c3)n2)c2ccccc12. The summed E-state index contributed by atoms with van der Waals surface area (Å²) in [4.78, 5) is 15.9. The van der Waals surface area contributed by atoms with Gasteiger partial charge in [-0.25, -0.2) is 15.0 Å². The Morgan fingerprint density at radius 2 is 0.877 bits per heavy atom. The maximum atomic E-state index is 5.34. The number of aromatic nitrogens is 4. The molecule has 0 saturated carbocycles. The smallest absolute Gasteiger partial charge is 0.164 e. The maximum absolute atomic E-state index is 5.34. The van der Waals surface area contributed by atoms with Gasteiger partial charge in [-0.1, -0.05) is 179 Å². The average molecular weight is 837 g/mol. The van der Waals surface area contributed by atoms with E-state index in [9.17, 15) is 0 Å². The molecule has 2 heterocycles. The van der Waals surface area contributed by atoms with E-state index in [1.54, 1.807) is 0 Å². The highest BCUT2D eigenvalue weighted by Gasteiger charge is 2.38. The highest BCUT2D eigenvalue weighted by atomic mass is 15.0. The average Bonchev–Trinajstić information content (AvgIpc) is 3.69. The second-order valence-corrected chi connectivity index (χ2v) is 19.1. The normalized spacial score (nSPS) is 14.3. The Kier molecular flexibility index (Phi) is 8.96. The van der Waals surface area contributed by atoms with Gasteiger partial charge in [-0.15, -0.1) is 0 Å². The lowest BCUT2D eigenvalue weighted by atomic mass is 9.63. The fraction of sp³-hybridized carbons (Fsp3) is 0.131. The van der Waals surface area contributed by atoms with E-state index in [-0.39, 0.29) is 10.8 Å². The molecular weight excluding hydrogens is 789 g/mol. The zero-order valence-corrected chi connectivity index (χ0v) is 37.2. The molecule has 312 valence electrons. The van der Waals surface area contributed by atoms with Crippen molar-refractivity contribution in [1.29, 1.82) is 0 Å². The Morgan fingerprint density at radius 1 is 0.369 bits per heavy atom. The lowest BCUT2D eigenvalue weighted by Crippen LogP contribution is -2.33. The summed E-state index contributed by atoms with van der Waals surface area (Å²) in [6, 6.07) is 69.8. The van der Waals surface area contributed by atoms with E-state index in [4.69, 9.17) is 15.0 Å². The molecule has 1 aliphatic rings. The first kappa shape index (κ1) is 38.9. The molecule has 0 radical (unpaired) electrons. The van der Waals surface area contributed by atoms with Crippen LogP contribution in [0.4, 0.5) is 0 Å². The van der Waals surface area contributed by atoms with Crippen LogP contribution in [-0.4, -0.2) is 19.5 Å². The van der Waals surface area contributed by atoms with Gasteiger partial charge >= 0.3 is 0 Å². The number of hydrogen-bond donors (Lipinski definition) is 0. The molecule has 1 aliphatic carbocycles. The Balaban J connectivity index is 1.10. The molecule has 0 atom stereocenters. The Bertz CT molecular complexity index is 3550. The monoisotopic (exact) mass is 836 g/mol. The summed E-state index contributed by atoms with van der Waals surface area (Å²) in [6.45, 7) is 9.70. The van der Waals surface area contributed by atoms with Crippen LogP contribution in [0, 0.1) is 0 Å². The van der Waals surface area contributed by atoms with E-state index in [2.05, 4.69) is 226 Å². The Hall–Kier alpha value is -7.69. The van der Waals surface area contributed by atoms with Crippen LogP contribution < -0.4 is 0 Å². The Morgan fingerprint density at radius 3 is 1.51 bits per heavy atom. The van der Waals surface area contributed by atoms with Crippen LogP contribution in [-0.2, 0) is 10.8 Å². The van der Waals surface area contributed by atoms with Crippen molar-refractivity contribution in [2.45, 2.75) is 51.4 Å². The third-order valence-electron chi connectivity index (χ3n) is 14.1. The molecule has 0 spiro atoms. The second-order valence-electron chi connectivity index (χ2n) is 19.1. The van der Waals surface area contributed by atoms with Crippen LogP contribution in [0.1, 0.15) is 51.7 Å². The van der Waals surface area contributed by atoms with Crippen LogP contribution in [0.3, 0.4) is 0 Å². The molecule has 0 saturated heterocycles. The number of fused-ring (bicyclic) bond motifs is 7. The molecule has 0 aliphatic heterocycles. The third-order valence-corrected chi connectivity index (χ3v) is 14.1. The van der Waals surface area contributed by atoms with E-state index in [1.165, 1.54) is 50.1 Å². The third kappa shape index (κ3) is 6.54. The first-order valence-electron chi connectivity index (χ1n) is 22.8. The van der Waals surface area contributed by atoms with Crippen molar-refractivity contribution < 1.29 is 0 Å². The van der Waals surface area contributed by atoms with Gasteiger partial charge in [0.25, 0.3) is 0 Å². The number of rotatable bonds is 6. The minimum Gasteiger partial charge on any atom is -0.309 e. The fourth-order valence-corrected chi connectivity index (χ4v) is 10.5. The van der Waals surface area contributed by atoms with Gasteiger partial charge in [0.1, 0.15) is 0 Å².